The van der Waals surface area contributed by atoms with Crippen molar-refractivity contribution in [2.24, 2.45) is 0 Å². The molecule has 0 atom stereocenters. The maximum Gasteiger partial charge on any atom is 0.416 e. The highest BCUT2D eigenvalue weighted by Gasteiger charge is 2.31. The number of halogens is 3. The SMILES string of the molecule is O=C(CNS(=O)(=O)c1cccc(C(F)(F)F)c1)Oc1ccc(NC(=O)c2cccs2)cc1. The Morgan fingerprint density at radius 3 is 2.34 bits per heavy atom. The molecule has 0 fully saturated rings. The fraction of sp³-hybridized carbons (Fsp3) is 0.100. The summed E-state index contributed by atoms with van der Waals surface area (Å²) < 4.78 is 69.6. The lowest BCUT2D eigenvalue weighted by Gasteiger charge is -2.10. The molecule has 3 aromatic rings. The van der Waals surface area contributed by atoms with Gasteiger partial charge >= 0.3 is 12.1 Å². The molecule has 0 saturated carbocycles. The number of benzene rings is 2. The predicted molar refractivity (Wildman–Crippen MR) is 111 cm³/mol. The molecule has 0 bridgehead atoms. The van der Waals surface area contributed by atoms with Crippen LogP contribution in [0.1, 0.15) is 15.2 Å². The lowest BCUT2D eigenvalue weighted by molar-refractivity contribution is -0.137. The Balaban J connectivity index is 1.56. The van der Waals surface area contributed by atoms with Crippen molar-refractivity contribution in [1.29, 1.82) is 0 Å². The van der Waals surface area contributed by atoms with E-state index in [0.29, 0.717) is 16.6 Å². The van der Waals surface area contributed by atoms with Crippen LogP contribution in [-0.2, 0) is 21.0 Å². The number of alkyl halides is 3. The maximum absolute atomic E-state index is 12.8. The van der Waals surface area contributed by atoms with E-state index >= 15 is 0 Å². The van der Waals surface area contributed by atoms with Crippen molar-refractivity contribution < 1.29 is 35.9 Å². The average Bonchev–Trinajstić information content (AvgIpc) is 3.28. The quantitative estimate of drug-likeness (QED) is 0.391. The highest BCUT2D eigenvalue weighted by molar-refractivity contribution is 7.89. The molecule has 1 heterocycles. The molecule has 2 aromatic carbocycles. The predicted octanol–water partition coefficient (Wildman–Crippen LogP) is 3.90. The number of esters is 1. The number of amides is 1. The highest BCUT2D eigenvalue weighted by Crippen LogP contribution is 2.30. The van der Waals surface area contributed by atoms with E-state index < -0.39 is 39.2 Å². The first-order valence-electron chi connectivity index (χ1n) is 8.87. The molecule has 0 aliphatic carbocycles. The van der Waals surface area contributed by atoms with Gasteiger partial charge in [-0.05, 0) is 53.9 Å². The van der Waals surface area contributed by atoms with Gasteiger partial charge in [0, 0.05) is 5.69 Å². The van der Waals surface area contributed by atoms with E-state index in [1.165, 1.54) is 35.6 Å². The number of sulfonamides is 1. The third kappa shape index (κ3) is 6.15. The minimum Gasteiger partial charge on any atom is -0.426 e. The van der Waals surface area contributed by atoms with E-state index in [0.717, 1.165) is 18.2 Å². The largest absolute Gasteiger partial charge is 0.426 e. The number of carbonyl (C=O) groups is 2. The molecule has 2 N–H and O–H groups in total. The molecule has 3 rings (SSSR count). The standard InChI is InChI=1S/C20H15F3N2O5S2/c21-20(22,23)13-3-1-4-16(11-13)32(28,29)24-12-18(26)30-15-8-6-14(7-9-15)25-19(27)17-5-2-10-31-17/h1-11,24H,12H2,(H,25,27). The Morgan fingerprint density at radius 1 is 1.00 bits per heavy atom. The Kier molecular flexibility index (Phi) is 6.96. The van der Waals surface area contributed by atoms with Gasteiger partial charge in [-0.25, -0.2) is 8.42 Å². The van der Waals surface area contributed by atoms with Gasteiger partial charge in [0.05, 0.1) is 15.3 Å². The molecule has 1 amide bonds. The Morgan fingerprint density at radius 2 is 1.72 bits per heavy atom. The van der Waals surface area contributed by atoms with Crippen molar-refractivity contribution in [1.82, 2.24) is 4.72 Å². The molecule has 12 heteroatoms. The number of rotatable bonds is 7. The van der Waals surface area contributed by atoms with Crippen LogP contribution in [0.25, 0.3) is 0 Å². The summed E-state index contributed by atoms with van der Waals surface area (Å²) in [5.41, 5.74) is -0.678. The van der Waals surface area contributed by atoms with Crippen molar-refractivity contribution in [3.8, 4) is 5.75 Å². The molecule has 0 radical (unpaired) electrons. The second-order valence-corrected chi connectivity index (χ2v) is 8.99. The molecule has 32 heavy (non-hydrogen) atoms. The molecule has 1 aromatic heterocycles. The van der Waals surface area contributed by atoms with Gasteiger partial charge in [0.1, 0.15) is 12.3 Å². The van der Waals surface area contributed by atoms with E-state index in [-0.39, 0.29) is 11.7 Å². The summed E-state index contributed by atoms with van der Waals surface area (Å²) in [7, 11) is -4.37. The summed E-state index contributed by atoms with van der Waals surface area (Å²) >= 11 is 1.28. The fourth-order valence-corrected chi connectivity index (χ4v) is 4.08. The van der Waals surface area contributed by atoms with Gasteiger partial charge in [0.15, 0.2) is 0 Å². The van der Waals surface area contributed by atoms with E-state index in [4.69, 9.17) is 4.74 Å². The smallest absolute Gasteiger partial charge is 0.416 e. The highest BCUT2D eigenvalue weighted by atomic mass is 32.2. The first-order chi connectivity index (χ1) is 15.0. The minimum atomic E-state index is -4.71. The van der Waals surface area contributed by atoms with Crippen LogP contribution in [0.15, 0.2) is 70.9 Å². The average molecular weight is 484 g/mol. The zero-order valence-corrected chi connectivity index (χ0v) is 17.7. The van der Waals surface area contributed by atoms with Crippen LogP contribution in [-0.4, -0.2) is 26.8 Å². The zero-order chi connectivity index (χ0) is 23.4. The summed E-state index contributed by atoms with van der Waals surface area (Å²) in [4.78, 5) is 23.8. The van der Waals surface area contributed by atoms with Crippen molar-refractivity contribution in [3.05, 3.63) is 76.5 Å². The number of hydrogen-bond donors (Lipinski definition) is 2. The number of ether oxygens (including phenoxy) is 1. The topological polar surface area (TPSA) is 102 Å². The van der Waals surface area contributed by atoms with Crippen molar-refractivity contribution in [2.45, 2.75) is 11.1 Å². The minimum absolute atomic E-state index is 0.0855. The number of carbonyl (C=O) groups excluding carboxylic acids is 2. The third-order valence-electron chi connectivity index (χ3n) is 3.97. The van der Waals surface area contributed by atoms with E-state index in [2.05, 4.69) is 5.32 Å². The molecule has 7 nitrogen and oxygen atoms in total. The number of hydrogen-bond acceptors (Lipinski definition) is 6. The van der Waals surface area contributed by atoms with Gasteiger partial charge in [-0.1, -0.05) is 12.1 Å². The molecule has 0 saturated heterocycles. The maximum atomic E-state index is 12.8. The molecule has 0 aliphatic rings. The van der Waals surface area contributed by atoms with Crippen molar-refractivity contribution >= 4 is 38.9 Å². The molecular weight excluding hydrogens is 469 g/mol. The van der Waals surface area contributed by atoms with Crippen LogP contribution in [0.4, 0.5) is 18.9 Å². The fourth-order valence-electron chi connectivity index (χ4n) is 2.45. The lowest BCUT2D eigenvalue weighted by Crippen LogP contribution is -2.32. The molecule has 0 aliphatic heterocycles. The van der Waals surface area contributed by atoms with Crippen molar-refractivity contribution in [3.63, 3.8) is 0 Å². The van der Waals surface area contributed by atoms with Crippen LogP contribution in [0.5, 0.6) is 5.75 Å². The molecule has 168 valence electrons. The first-order valence-corrected chi connectivity index (χ1v) is 11.2. The Hall–Kier alpha value is -3.22. The van der Waals surface area contributed by atoms with Gasteiger partial charge in [-0.15, -0.1) is 11.3 Å². The van der Waals surface area contributed by atoms with Crippen molar-refractivity contribution in [2.75, 3.05) is 11.9 Å². The van der Waals surface area contributed by atoms with Crippen LogP contribution in [0.2, 0.25) is 0 Å². The van der Waals surface area contributed by atoms with Gasteiger partial charge in [0.25, 0.3) is 5.91 Å². The number of anilines is 1. The van der Waals surface area contributed by atoms with Gasteiger partial charge in [-0.3, -0.25) is 9.59 Å². The zero-order valence-electron chi connectivity index (χ0n) is 16.0. The van der Waals surface area contributed by atoms with E-state index in [1.807, 2.05) is 4.72 Å². The van der Waals surface area contributed by atoms with Gasteiger partial charge in [-0.2, -0.15) is 17.9 Å². The third-order valence-corrected chi connectivity index (χ3v) is 6.23. The normalized spacial score (nSPS) is 11.7. The summed E-state index contributed by atoms with van der Waals surface area (Å²) in [6.07, 6.45) is -4.71. The van der Waals surface area contributed by atoms with Crippen LogP contribution >= 0.6 is 11.3 Å². The van der Waals surface area contributed by atoms with Crippen LogP contribution < -0.4 is 14.8 Å². The summed E-state index contributed by atoms with van der Waals surface area (Å²) in [6, 6.07) is 12.3. The summed E-state index contributed by atoms with van der Waals surface area (Å²) in [6.45, 7) is -0.796. The number of nitrogens with one attached hydrogen (secondary N) is 2. The second-order valence-electron chi connectivity index (χ2n) is 6.28. The van der Waals surface area contributed by atoms with Gasteiger partial charge < -0.3 is 10.1 Å². The monoisotopic (exact) mass is 484 g/mol. The van der Waals surface area contributed by atoms with E-state index in [9.17, 15) is 31.2 Å². The molecular formula is C20H15F3N2O5S2. The molecule has 0 unspecified atom stereocenters. The van der Waals surface area contributed by atoms with E-state index in [1.54, 1.807) is 17.5 Å². The summed E-state index contributed by atoms with van der Waals surface area (Å²) in [5.74, 6) is -1.19. The molecule has 0 spiro atoms. The number of thiophene rings is 1. The Bertz CT molecular complexity index is 1210. The van der Waals surface area contributed by atoms with Crippen LogP contribution in [0, 0.1) is 0 Å². The van der Waals surface area contributed by atoms with Crippen LogP contribution in [0.3, 0.4) is 0 Å². The second kappa shape index (κ2) is 9.51. The lowest BCUT2D eigenvalue weighted by atomic mass is 10.2. The van der Waals surface area contributed by atoms with Gasteiger partial charge in [0.2, 0.25) is 10.0 Å². The Labute approximate surface area is 184 Å². The summed E-state index contributed by atoms with van der Waals surface area (Å²) in [5, 5.41) is 4.43. The first kappa shape index (κ1) is 23.4.